The Kier molecular flexibility index (Phi) is 19.9. The summed E-state index contributed by atoms with van der Waals surface area (Å²) in [6, 6.07) is 62.2. The van der Waals surface area contributed by atoms with Gasteiger partial charge < -0.3 is 34.4 Å². The van der Waals surface area contributed by atoms with E-state index >= 15 is 0 Å². The Labute approximate surface area is 458 Å². The number of aliphatic hydroxyl groups excluding tert-OH is 1. The van der Waals surface area contributed by atoms with E-state index in [0.717, 1.165) is 73.4 Å². The van der Waals surface area contributed by atoms with Gasteiger partial charge in [0, 0.05) is 82.1 Å². The fourth-order valence-corrected chi connectivity index (χ4v) is 10.2. The van der Waals surface area contributed by atoms with Crippen LogP contribution in [0.15, 0.2) is 194 Å². The number of hydrogen-bond acceptors (Lipinski definition) is 12. The molecular formula is C64H72N8O6. The lowest BCUT2D eigenvalue weighted by Crippen LogP contribution is -2.52. The molecule has 14 heteroatoms. The van der Waals surface area contributed by atoms with E-state index in [9.17, 15) is 14.7 Å². The Hall–Kier alpha value is -7.56. The number of pyridine rings is 2. The van der Waals surface area contributed by atoms with Crippen molar-refractivity contribution in [2.75, 3.05) is 106 Å². The number of carbonyl (C=O) groups excluding carboxylic acids is 2. The van der Waals surface area contributed by atoms with E-state index < -0.39 is 6.10 Å². The van der Waals surface area contributed by atoms with Crippen LogP contribution < -0.4 is 14.8 Å². The van der Waals surface area contributed by atoms with Crippen LogP contribution in [0, 0.1) is 0 Å². The van der Waals surface area contributed by atoms with Crippen molar-refractivity contribution in [1.82, 2.24) is 39.8 Å². The van der Waals surface area contributed by atoms with Gasteiger partial charge in [-0.2, -0.15) is 0 Å². The SMILES string of the molecule is CN(CC(=O)N1CCN(C(c2ccccc2)c2ccccc2)CC1)C[C@@H](O)COc1cccc2ncccc12.CNCC(=O)N1CCN(C(c2ccccc2)c2ccccc2)CC1.c1cc(OC[C@@H]2CO2)c2cccnc2c1. The number of fused-ring (bicyclic) bond motifs is 2. The zero-order valence-electron chi connectivity index (χ0n) is 44.8. The number of hydrogen-bond donors (Lipinski definition) is 2. The molecule has 3 saturated heterocycles. The molecule has 5 heterocycles. The first-order valence-electron chi connectivity index (χ1n) is 27.1. The Morgan fingerprint density at radius 3 is 1.42 bits per heavy atom. The third kappa shape index (κ3) is 15.3. The molecule has 0 spiro atoms. The molecule has 404 valence electrons. The second-order valence-corrected chi connectivity index (χ2v) is 19.9. The smallest absolute Gasteiger partial charge is 0.236 e. The van der Waals surface area contributed by atoms with E-state index in [1.54, 1.807) is 12.4 Å². The molecule has 0 bridgehead atoms. The number of benzene rings is 6. The number of aromatic nitrogens is 2. The molecule has 11 rings (SSSR count). The highest BCUT2D eigenvalue weighted by atomic mass is 16.6. The summed E-state index contributed by atoms with van der Waals surface area (Å²) in [5.74, 6) is 1.85. The molecule has 2 amide bonds. The van der Waals surface area contributed by atoms with E-state index in [1.807, 2.05) is 102 Å². The number of ether oxygens (including phenoxy) is 3. The van der Waals surface area contributed by atoms with Crippen molar-refractivity contribution in [1.29, 1.82) is 0 Å². The highest BCUT2D eigenvalue weighted by Crippen LogP contribution is 2.32. The molecule has 3 aliphatic heterocycles. The van der Waals surface area contributed by atoms with E-state index in [1.165, 1.54) is 22.3 Å². The quantitative estimate of drug-likeness (QED) is 0.0806. The highest BCUT2D eigenvalue weighted by molar-refractivity contribution is 5.85. The highest BCUT2D eigenvalue weighted by Gasteiger charge is 2.30. The summed E-state index contributed by atoms with van der Waals surface area (Å²) in [5, 5.41) is 15.5. The molecule has 8 aromatic rings. The summed E-state index contributed by atoms with van der Waals surface area (Å²) < 4.78 is 16.7. The number of likely N-dealkylation sites (N-methyl/N-ethyl adjacent to an activating group) is 2. The maximum absolute atomic E-state index is 13.1. The fourth-order valence-electron chi connectivity index (χ4n) is 10.2. The van der Waals surface area contributed by atoms with Crippen LogP contribution in [-0.2, 0) is 14.3 Å². The Bertz CT molecular complexity index is 3000. The second kappa shape index (κ2) is 28.2. The number of epoxide rings is 1. The van der Waals surface area contributed by atoms with Gasteiger partial charge in [0.1, 0.15) is 36.9 Å². The minimum Gasteiger partial charge on any atom is -0.490 e. The fraction of sp³-hybridized carbons (Fsp3) is 0.312. The zero-order valence-corrected chi connectivity index (χ0v) is 44.8. The van der Waals surface area contributed by atoms with E-state index in [2.05, 4.69) is 134 Å². The van der Waals surface area contributed by atoms with Gasteiger partial charge in [0.25, 0.3) is 0 Å². The lowest BCUT2D eigenvalue weighted by Gasteiger charge is -2.40. The molecule has 14 nitrogen and oxygen atoms in total. The number of carbonyl (C=O) groups is 2. The van der Waals surface area contributed by atoms with Gasteiger partial charge in [-0.05, 0) is 84.9 Å². The molecule has 2 atom stereocenters. The van der Waals surface area contributed by atoms with Gasteiger partial charge in [-0.25, -0.2) is 0 Å². The van der Waals surface area contributed by atoms with Gasteiger partial charge in [0.05, 0.1) is 42.8 Å². The number of piperazine rings is 2. The Morgan fingerprint density at radius 1 is 0.577 bits per heavy atom. The Morgan fingerprint density at radius 2 is 1.00 bits per heavy atom. The molecule has 3 aliphatic rings. The monoisotopic (exact) mass is 1050 g/mol. The lowest BCUT2D eigenvalue weighted by molar-refractivity contribution is -0.134. The minimum atomic E-state index is -0.718. The molecule has 0 saturated carbocycles. The van der Waals surface area contributed by atoms with Gasteiger partial charge in [0.2, 0.25) is 11.8 Å². The first-order valence-corrected chi connectivity index (χ1v) is 27.1. The third-order valence-electron chi connectivity index (χ3n) is 14.3. The third-order valence-corrected chi connectivity index (χ3v) is 14.3. The topological polar surface area (TPSA) is 139 Å². The Balaban J connectivity index is 0.000000159. The molecule has 6 aromatic carbocycles. The van der Waals surface area contributed by atoms with Crippen LogP contribution in [0.2, 0.25) is 0 Å². The van der Waals surface area contributed by atoms with Crippen LogP contribution in [0.1, 0.15) is 34.3 Å². The second-order valence-electron chi connectivity index (χ2n) is 19.9. The first kappa shape index (κ1) is 55.2. The number of amides is 2. The summed E-state index contributed by atoms with van der Waals surface area (Å²) >= 11 is 0. The molecule has 0 unspecified atom stereocenters. The van der Waals surface area contributed by atoms with Gasteiger partial charge in [-0.1, -0.05) is 133 Å². The average Bonchev–Trinajstić information content (AvgIpc) is 4.35. The van der Waals surface area contributed by atoms with Crippen molar-refractivity contribution in [2.45, 2.75) is 24.3 Å². The van der Waals surface area contributed by atoms with Crippen LogP contribution >= 0.6 is 0 Å². The van der Waals surface area contributed by atoms with Crippen LogP contribution in [0.25, 0.3) is 21.8 Å². The number of rotatable bonds is 18. The van der Waals surface area contributed by atoms with E-state index in [0.29, 0.717) is 38.5 Å². The number of nitrogens with zero attached hydrogens (tertiary/aromatic N) is 7. The van der Waals surface area contributed by atoms with Crippen molar-refractivity contribution < 1.29 is 28.9 Å². The van der Waals surface area contributed by atoms with Gasteiger partial charge >= 0.3 is 0 Å². The molecule has 78 heavy (non-hydrogen) atoms. The summed E-state index contributed by atoms with van der Waals surface area (Å²) in [6.45, 7) is 8.97. The summed E-state index contributed by atoms with van der Waals surface area (Å²) in [4.78, 5) is 44.5. The van der Waals surface area contributed by atoms with Gasteiger partial charge in [-0.3, -0.25) is 34.3 Å². The summed E-state index contributed by atoms with van der Waals surface area (Å²) in [6.07, 6.45) is 3.11. The van der Waals surface area contributed by atoms with E-state index in [4.69, 9.17) is 14.2 Å². The van der Waals surface area contributed by atoms with E-state index in [-0.39, 0.29) is 43.2 Å². The van der Waals surface area contributed by atoms with Crippen molar-refractivity contribution in [3.63, 3.8) is 0 Å². The van der Waals surface area contributed by atoms with Gasteiger partial charge in [0.15, 0.2) is 0 Å². The largest absolute Gasteiger partial charge is 0.490 e. The van der Waals surface area contributed by atoms with Crippen LogP contribution in [0.3, 0.4) is 0 Å². The molecule has 2 aromatic heterocycles. The number of aliphatic hydroxyl groups is 1. The van der Waals surface area contributed by atoms with Crippen molar-refractivity contribution >= 4 is 33.6 Å². The van der Waals surface area contributed by atoms with Crippen molar-refractivity contribution in [2.24, 2.45) is 0 Å². The molecule has 2 N–H and O–H groups in total. The maximum Gasteiger partial charge on any atom is 0.236 e. The number of nitrogens with one attached hydrogen (secondary N) is 1. The maximum atomic E-state index is 13.1. The van der Waals surface area contributed by atoms with Crippen molar-refractivity contribution in [3.05, 3.63) is 217 Å². The average molecular weight is 1050 g/mol. The summed E-state index contributed by atoms with van der Waals surface area (Å²) in [7, 11) is 3.68. The predicted molar refractivity (Wildman–Crippen MR) is 307 cm³/mol. The minimum absolute atomic E-state index is 0.0846. The van der Waals surface area contributed by atoms with Gasteiger partial charge in [-0.15, -0.1) is 0 Å². The summed E-state index contributed by atoms with van der Waals surface area (Å²) in [5.41, 5.74) is 6.95. The predicted octanol–water partition coefficient (Wildman–Crippen LogP) is 7.99. The molecule has 3 fully saturated rings. The van der Waals surface area contributed by atoms with Crippen LogP contribution in [0.4, 0.5) is 0 Å². The standard InChI is InChI=1S/C32H36N4O3.C20H25N3O.C12H11NO2/c1-34(22-27(37)24-39-30-16-8-15-29-28(30)14-9-17-33-29)23-31(38)35-18-20-36(21-19-35)32(25-10-4-2-5-11-25)26-12-6-3-7-13-26;1-21-16-19(24)22-12-14-23(15-13-22)20(17-8-4-2-5-9-17)18-10-6-3-7-11-18;1-4-11-10(3-2-6-13-11)12(5-1)15-8-9-7-14-9/h2-17,27,32,37H,18-24H2,1H3;2-11,20-21H,12-16H2,1H3;1-6,9H,7-8H2/t27-;;9-/m1.0/s1. The first-order chi connectivity index (χ1) is 38.3. The lowest BCUT2D eigenvalue weighted by atomic mass is 9.96. The zero-order chi connectivity index (χ0) is 53.9. The van der Waals surface area contributed by atoms with Crippen LogP contribution in [0.5, 0.6) is 11.5 Å². The molecular weight excluding hydrogens is 977 g/mol. The molecule has 0 aliphatic carbocycles. The normalized spacial score (nSPS) is 16.1. The van der Waals surface area contributed by atoms with Crippen LogP contribution in [-0.4, -0.2) is 170 Å². The molecule has 0 radical (unpaired) electrons. The van der Waals surface area contributed by atoms with Crippen molar-refractivity contribution in [3.8, 4) is 11.5 Å².